The van der Waals surface area contributed by atoms with Gasteiger partial charge in [0.1, 0.15) is 5.75 Å². The number of nitrogens with two attached hydrogens (primary N) is 1. The second-order valence-electron chi connectivity index (χ2n) is 4.75. The van der Waals surface area contributed by atoms with Crippen molar-refractivity contribution < 1.29 is 9.53 Å². The zero-order chi connectivity index (χ0) is 11.8. The first kappa shape index (κ1) is 13.2. The summed E-state index contributed by atoms with van der Waals surface area (Å²) in [5.41, 5.74) is 6.93. The number of rotatable bonds is 1. The van der Waals surface area contributed by atoms with E-state index < -0.39 is 0 Å². The maximum atomic E-state index is 12.2. The molecule has 2 atom stereocenters. The van der Waals surface area contributed by atoms with Gasteiger partial charge in [-0.3, -0.25) is 4.79 Å². The van der Waals surface area contributed by atoms with Gasteiger partial charge in [-0.05, 0) is 18.1 Å². The Morgan fingerprint density at radius 1 is 1.39 bits per heavy atom. The molecule has 5 heteroatoms. The predicted molar refractivity (Wildman–Crippen MR) is 71.0 cm³/mol. The van der Waals surface area contributed by atoms with Gasteiger partial charge in [-0.15, -0.1) is 12.4 Å². The van der Waals surface area contributed by atoms with Gasteiger partial charge in [-0.25, -0.2) is 0 Å². The number of carbonyl (C=O) groups is 1. The maximum absolute atomic E-state index is 12.2. The highest BCUT2D eigenvalue weighted by Gasteiger charge is 2.34. The average Bonchev–Trinajstić information content (AvgIpc) is 2.93. The quantitative estimate of drug-likeness (QED) is 0.826. The van der Waals surface area contributed by atoms with Crippen LogP contribution in [0.2, 0.25) is 0 Å². The van der Waals surface area contributed by atoms with Gasteiger partial charge < -0.3 is 15.4 Å². The molecule has 98 valence electrons. The third kappa shape index (κ3) is 2.31. The molecule has 3 rings (SSSR count). The van der Waals surface area contributed by atoms with E-state index in [1.54, 1.807) is 0 Å². The van der Waals surface area contributed by atoms with E-state index in [-0.39, 0.29) is 30.5 Å². The lowest BCUT2D eigenvalue weighted by molar-refractivity contribution is -0.136. The molecular weight excluding hydrogens is 252 g/mol. The molecule has 0 bridgehead atoms. The number of fused-ring (bicyclic) bond motifs is 1. The van der Waals surface area contributed by atoms with Gasteiger partial charge in [0.15, 0.2) is 6.10 Å². The van der Waals surface area contributed by atoms with Crippen molar-refractivity contribution in [1.82, 2.24) is 4.90 Å². The maximum Gasteiger partial charge on any atom is 0.264 e. The topological polar surface area (TPSA) is 55.6 Å². The summed E-state index contributed by atoms with van der Waals surface area (Å²) in [6, 6.07) is 7.96. The molecule has 18 heavy (non-hydrogen) atoms. The summed E-state index contributed by atoms with van der Waals surface area (Å²) in [6.07, 6.45) is 1.23. The van der Waals surface area contributed by atoms with Gasteiger partial charge in [0.2, 0.25) is 0 Å². The fourth-order valence-electron chi connectivity index (χ4n) is 2.51. The first-order valence-corrected chi connectivity index (χ1v) is 6.03. The lowest BCUT2D eigenvalue weighted by Crippen LogP contribution is -2.41. The Morgan fingerprint density at radius 2 is 2.17 bits per heavy atom. The summed E-state index contributed by atoms with van der Waals surface area (Å²) in [4.78, 5) is 14.0. The van der Waals surface area contributed by atoms with Crippen LogP contribution < -0.4 is 10.5 Å². The molecule has 0 aromatic heterocycles. The van der Waals surface area contributed by atoms with Crippen molar-refractivity contribution in [3.63, 3.8) is 0 Å². The predicted octanol–water partition coefficient (Wildman–Crippen LogP) is 0.971. The van der Waals surface area contributed by atoms with E-state index in [4.69, 9.17) is 10.5 Å². The Kier molecular flexibility index (Phi) is 3.78. The van der Waals surface area contributed by atoms with Gasteiger partial charge in [-0.2, -0.15) is 0 Å². The van der Waals surface area contributed by atoms with Crippen LogP contribution in [0.15, 0.2) is 24.3 Å². The average molecular weight is 269 g/mol. The fourth-order valence-corrected chi connectivity index (χ4v) is 2.51. The number of nitrogens with zero attached hydrogens (tertiary/aromatic N) is 1. The Bertz CT molecular complexity index is 427. The van der Waals surface area contributed by atoms with Crippen LogP contribution in [0.3, 0.4) is 0 Å². The number of hydrogen-bond donors (Lipinski definition) is 1. The van der Waals surface area contributed by atoms with Crippen molar-refractivity contribution in [1.29, 1.82) is 0 Å². The third-order valence-corrected chi connectivity index (χ3v) is 3.46. The highest BCUT2D eigenvalue weighted by molar-refractivity contribution is 5.85. The third-order valence-electron chi connectivity index (χ3n) is 3.46. The van der Waals surface area contributed by atoms with E-state index in [9.17, 15) is 4.79 Å². The van der Waals surface area contributed by atoms with Gasteiger partial charge in [0.25, 0.3) is 5.91 Å². The van der Waals surface area contributed by atoms with Crippen LogP contribution in [-0.4, -0.2) is 36.0 Å². The van der Waals surface area contributed by atoms with Crippen LogP contribution in [0.1, 0.15) is 12.0 Å². The molecule has 1 aromatic carbocycles. The minimum absolute atomic E-state index is 0. The smallest absolute Gasteiger partial charge is 0.264 e. The van der Waals surface area contributed by atoms with Crippen molar-refractivity contribution in [2.45, 2.75) is 25.0 Å². The lowest BCUT2D eigenvalue weighted by atomic mass is 10.1. The summed E-state index contributed by atoms with van der Waals surface area (Å²) in [6.45, 7) is 1.42. The second kappa shape index (κ2) is 5.16. The molecule has 1 fully saturated rings. The van der Waals surface area contributed by atoms with Gasteiger partial charge in [0, 0.05) is 25.6 Å². The summed E-state index contributed by atoms with van der Waals surface area (Å²) in [5, 5.41) is 0. The second-order valence-corrected chi connectivity index (χ2v) is 4.75. The van der Waals surface area contributed by atoms with Gasteiger partial charge >= 0.3 is 0 Å². The normalized spacial score (nSPS) is 25.3. The molecule has 0 saturated carbocycles. The SMILES string of the molecule is Cl.NC1CCN(C(=O)C2Cc3ccccc3O2)C1. The van der Waals surface area contributed by atoms with Crippen LogP contribution in [-0.2, 0) is 11.2 Å². The van der Waals surface area contributed by atoms with Gasteiger partial charge in [0.05, 0.1) is 0 Å². The van der Waals surface area contributed by atoms with Crippen molar-refractivity contribution in [3.8, 4) is 5.75 Å². The summed E-state index contributed by atoms with van der Waals surface area (Å²) < 4.78 is 5.68. The van der Waals surface area contributed by atoms with Crippen LogP contribution in [0, 0.1) is 0 Å². The standard InChI is InChI=1S/C13H16N2O2.ClH/c14-10-5-6-15(8-10)13(16)12-7-9-3-1-2-4-11(9)17-12;/h1-4,10,12H,5-8,14H2;1H. The minimum Gasteiger partial charge on any atom is -0.480 e. The zero-order valence-corrected chi connectivity index (χ0v) is 10.9. The summed E-state index contributed by atoms with van der Waals surface area (Å²) in [5.74, 6) is 0.920. The lowest BCUT2D eigenvalue weighted by Gasteiger charge is -2.19. The number of hydrogen-bond acceptors (Lipinski definition) is 3. The van der Waals surface area contributed by atoms with E-state index in [0.717, 1.165) is 24.3 Å². The van der Waals surface area contributed by atoms with Crippen molar-refractivity contribution >= 4 is 18.3 Å². The van der Waals surface area contributed by atoms with E-state index in [1.165, 1.54) is 0 Å². The summed E-state index contributed by atoms with van der Waals surface area (Å²) in [7, 11) is 0. The molecule has 0 spiro atoms. The van der Waals surface area contributed by atoms with Crippen LogP contribution in [0.4, 0.5) is 0 Å². The molecule has 4 nitrogen and oxygen atoms in total. The number of likely N-dealkylation sites (tertiary alicyclic amines) is 1. The van der Waals surface area contributed by atoms with Crippen LogP contribution in [0.5, 0.6) is 5.75 Å². The van der Waals surface area contributed by atoms with E-state index >= 15 is 0 Å². The molecule has 2 N–H and O–H groups in total. The molecular formula is C13H17ClN2O2. The van der Waals surface area contributed by atoms with Crippen molar-refractivity contribution in [2.75, 3.05) is 13.1 Å². The molecule has 2 unspecified atom stereocenters. The Labute approximate surface area is 113 Å². The largest absolute Gasteiger partial charge is 0.480 e. The van der Waals surface area contributed by atoms with Crippen LogP contribution >= 0.6 is 12.4 Å². The Hall–Kier alpha value is -1.26. The number of para-hydroxylation sites is 1. The van der Waals surface area contributed by atoms with E-state index in [0.29, 0.717) is 13.0 Å². The minimum atomic E-state index is -0.349. The van der Waals surface area contributed by atoms with Crippen molar-refractivity contribution in [3.05, 3.63) is 29.8 Å². The molecule has 2 aliphatic rings. The monoisotopic (exact) mass is 268 g/mol. The molecule has 0 radical (unpaired) electrons. The molecule has 2 heterocycles. The fraction of sp³-hybridized carbons (Fsp3) is 0.462. The molecule has 1 amide bonds. The van der Waals surface area contributed by atoms with Gasteiger partial charge in [-0.1, -0.05) is 18.2 Å². The molecule has 0 aliphatic carbocycles. The van der Waals surface area contributed by atoms with Crippen molar-refractivity contribution in [2.24, 2.45) is 5.73 Å². The first-order valence-electron chi connectivity index (χ1n) is 6.03. The highest BCUT2D eigenvalue weighted by atomic mass is 35.5. The summed E-state index contributed by atoms with van der Waals surface area (Å²) >= 11 is 0. The molecule has 1 saturated heterocycles. The Balaban J connectivity index is 0.00000120. The van der Waals surface area contributed by atoms with Crippen LogP contribution in [0.25, 0.3) is 0 Å². The number of ether oxygens (including phenoxy) is 1. The number of halogens is 1. The Morgan fingerprint density at radius 3 is 2.83 bits per heavy atom. The highest BCUT2D eigenvalue weighted by Crippen LogP contribution is 2.29. The number of amides is 1. The molecule has 2 aliphatic heterocycles. The molecule has 1 aromatic rings. The van der Waals surface area contributed by atoms with E-state index in [2.05, 4.69) is 0 Å². The number of carbonyl (C=O) groups excluding carboxylic acids is 1. The van der Waals surface area contributed by atoms with E-state index in [1.807, 2.05) is 29.2 Å². The number of benzene rings is 1. The zero-order valence-electron chi connectivity index (χ0n) is 10.0. The first-order chi connectivity index (χ1) is 8.24.